The molecule has 80 valence electrons. The van der Waals surface area contributed by atoms with Crippen LogP contribution in [0.25, 0.3) is 0 Å². The maximum atomic E-state index is 11.1. The van der Waals surface area contributed by atoms with E-state index in [4.69, 9.17) is 0 Å². The fraction of sp³-hybridized carbons (Fsp3) is 0.909. The number of carbonyl (C=O) groups excluding carboxylic acids is 1. The molecule has 2 rings (SSSR count). The van der Waals surface area contributed by atoms with Crippen molar-refractivity contribution in [2.24, 2.45) is 5.92 Å². The minimum atomic E-state index is 0.459. The summed E-state index contributed by atoms with van der Waals surface area (Å²) in [6.45, 7) is 3.28. The van der Waals surface area contributed by atoms with E-state index in [1.165, 1.54) is 30.9 Å². The average Bonchev–Trinajstić information content (AvgIpc) is 2.23. The van der Waals surface area contributed by atoms with Crippen molar-refractivity contribution in [2.45, 2.75) is 25.7 Å². The minimum absolute atomic E-state index is 0.459. The zero-order chi connectivity index (χ0) is 9.80. The zero-order valence-corrected chi connectivity index (χ0v) is 9.52. The lowest BCUT2D eigenvalue weighted by Crippen LogP contribution is -2.38. The third-order valence-electron chi connectivity index (χ3n) is 3.27. The van der Waals surface area contributed by atoms with Crippen LogP contribution in [-0.2, 0) is 4.79 Å². The van der Waals surface area contributed by atoms with Crippen molar-refractivity contribution >= 4 is 17.5 Å². The average molecular weight is 213 g/mol. The lowest BCUT2D eigenvalue weighted by Gasteiger charge is -2.31. The Morgan fingerprint density at radius 2 is 1.86 bits per heavy atom. The third kappa shape index (κ3) is 2.99. The van der Waals surface area contributed by atoms with Gasteiger partial charge in [-0.2, -0.15) is 11.8 Å². The van der Waals surface area contributed by atoms with E-state index in [1.54, 1.807) is 0 Å². The molecule has 14 heavy (non-hydrogen) atoms. The van der Waals surface area contributed by atoms with Crippen LogP contribution in [0.4, 0.5) is 0 Å². The quantitative estimate of drug-likeness (QED) is 0.697. The van der Waals surface area contributed by atoms with Crippen molar-refractivity contribution in [2.75, 3.05) is 31.1 Å². The molecule has 3 heteroatoms. The van der Waals surface area contributed by atoms with Gasteiger partial charge in [-0.15, -0.1) is 0 Å². The van der Waals surface area contributed by atoms with Crippen LogP contribution in [-0.4, -0.2) is 41.8 Å². The summed E-state index contributed by atoms with van der Waals surface area (Å²) < 4.78 is 0. The molecule has 2 nitrogen and oxygen atoms in total. The molecule has 0 aromatic heterocycles. The normalized spacial score (nSPS) is 26.7. The first kappa shape index (κ1) is 10.5. The first-order valence-electron chi connectivity index (χ1n) is 5.66. The second-order valence-electron chi connectivity index (χ2n) is 4.40. The number of hydrogen-bond donors (Lipinski definition) is 0. The number of piperidine rings is 1. The Kier molecular flexibility index (Phi) is 3.88. The van der Waals surface area contributed by atoms with E-state index in [0.29, 0.717) is 5.78 Å². The number of carbonyl (C=O) groups is 1. The van der Waals surface area contributed by atoms with Crippen LogP contribution in [0.5, 0.6) is 0 Å². The van der Waals surface area contributed by atoms with E-state index in [1.807, 2.05) is 0 Å². The highest BCUT2D eigenvalue weighted by Crippen LogP contribution is 2.24. The monoisotopic (exact) mass is 213 g/mol. The number of Topliss-reactive ketones (excluding diaryl/α,β-unsaturated/α-hetero) is 1. The second-order valence-corrected chi connectivity index (χ2v) is 5.62. The number of rotatable bonds is 2. The Hall–Kier alpha value is -0.0200. The number of nitrogens with zero attached hydrogens (tertiary/aromatic N) is 1. The standard InChI is InChI=1S/C11H19NOS/c13-11-1-5-12(6-2-11)9-10-3-7-14-8-4-10/h10H,1-9H2. The van der Waals surface area contributed by atoms with E-state index in [2.05, 4.69) is 16.7 Å². The van der Waals surface area contributed by atoms with Gasteiger partial charge in [0.15, 0.2) is 0 Å². The molecule has 0 spiro atoms. The maximum absolute atomic E-state index is 11.1. The van der Waals surface area contributed by atoms with Gasteiger partial charge >= 0.3 is 0 Å². The highest BCUT2D eigenvalue weighted by molar-refractivity contribution is 7.99. The second kappa shape index (κ2) is 5.17. The molecule has 2 heterocycles. The van der Waals surface area contributed by atoms with Gasteiger partial charge in [0.25, 0.3) is 0 Å². The van der Waals surface area contributed by atoms with Crippen LogP contribution in [0.15, 0.2) is 0 Å². The summed E-state index contributed by atoms with van der Waals surface area (Å²) in [4.78, 5) is 13.6. The fourth-order valence-corrected chi connectivity index (χ4v) is 3.48. The van der Waals surface area contributed by atoms with Gasteiger partial charge in [-0.3, -0.25) is 4.79 Å². The molecule has 2 aliphatic rings. The van der Waals surface area contributed by atoms with E-state index >= 15 is 0 Å². The molecule has 0 atom stereocenters. The number of hydrogen-bond acceptors (Lipinski definition) is 3. The van der Waals surface area contributed by atoms with E-state index in [-0.39, 0.29) is 0 Å². The molecule has 2 saturated heterocycles. The summed E-state index contributed by atoms with van der Waals surface area (Å²) in [5.74, 6) is 4.06. The third-order valence-corrected chi connectivity index (χ3v) is 4.32. The van der Waals surface area contributed by atoms with Crippen LogP contribution in [0.3, 0.4) is 0 Å². The summed E-state index contributed by atoms with van der Waals surface area (Å²) in [6.07, 6.45) is 4.35. The van der Waals surface area contributed by atoms with E-state index in [9.17, 15) is 4.79 Å². The predicted molar refractivity (Wildman–Crippen MR) is 60.7 cm³/mol. The molecule has 0 aromatic rings. The van der Waals surface area contributed by atoms with Gasteiger partial charge in [0, 0.05) is 32.5 Å². The number of thioether (sulfide) groups is 1. The Balaban J connectivity index is 1.71. The molecule has 0 unspecified atom stereocenters. The van der Waals surface area contributed by atoms with Crippen molar-refractivity contribution in [3.63, 3.8) is 0 Å². The molecule has 2 aliphatic heterocycles. The van der Waals surface area contributed by atoms with Crippen molar-refractivity contribution in [3.8, 4) is 0 Å². The summed E-state index contributed by atoms with van der Waals surface area (Å²) >= 11 is 2.09. The smallest absolute Gasteiger partial charge is 0.135 e. The molecule has 0 radical (unpaired) electrons. The van der Waals surface area contributed by atoms with Crippen molar-refractivity contribution in [3.05, 3.63) is 0 Å². The summed E-state index contributed by atoms with van der Waals surface area (Å²) in [5.41, 5.74) is 0. The Bertz CT molecular complexity index is 191. The highest BCUT2D eigenvalue weighted by atomic mass is 32.2. The molecule has 0 aromatic carbocycles. The molecule has 2 fully saturated rings. The minimum Gasteiger partial charge on any atom is -0.302 e. The summed E-state index contributed by atoms with van der Waals surface area (Å²) in [5, 5.41) is 0. The van der Waals surface area contributed by atoms with E-state index in [0.717, 1.165) is 31.8 Å². The van der Waals surface area contributed by atoms with Crippen molar-refractivity contribution < 1.29 is 4.79 Å². The maximum Gasteiger partial charge on any atom is 0.135 e. The molecule has 0 bridgehead atoms. The SMILES string of the molecule is O=C1CCN(CC2CCSCC2)CC1. The Morgan fingerprint density at radius 1 is 1.21 bits per heavy atom. The van der Waals surface area contributed by atoms with Crippen molar-refractivity contribution in [1.82, 2.24) is 4.90 Å². The fourth-order valence-electron chi connectivity index (χ4n) is 2.28. The molecule has 0 aliphatic carbocycles. The molecule has 0 amide bonds. The van der Waals surface area contributed by atoms with Crippen LogP contribution in [0, 0.1) is 5.92 Å². The van der Waals surface area contributed by atoms with Gasteiger partial charge in [0.05, 0.1) is 0 Å². The van der Waals surface area contributed by atoms with Gasteiger partial charge in [-0.1, -0.05) is 0 Å². The summed E-state index contributed by atoms with van der Waals surface area (Å²) in [6, 6.07) is 0. The Labute approximate surface area is 90.4 Å². The largest absolute Gasteiger partial charge is 0.302 e. The van der Waals surface area contributed by atoms with Gasteiger partial charge in [-0.05, 0) is 30.3 Å². The van der Waals surface area contributed by atoms with E-state index < -0.39 is 0 Å². The molecule has 0 N–H and O–H groups in total. The van der Waals surface area contributed by atoms with Crippen LogP contribution in [0.2, 0.25) is 0 Å². The number of ketones is 1. The first-order valence-corrected chi connectivity index (χ1v) is 6.82. The lowest BCUT2D eigenvalue weighted by molar-refractivity contribution is -0.121. The van der Waals surface area contributed by atoms with Gasteiger partial charge in [0.1, 0.15) is 5.78 Å². The highest BCUT2D eigenvalue weighted by Gasteiger charge is 2.21. The zero-order valence-electron chi connectivity index (χ0n) is 8.71. The van der Waals surface area contributed by atoms with Crippen LogP contribution >= 0.6 is 11.8 Å². The Morgan fingerprint density at radius 3 is 2.50 bits per heavy atom. The first-order chi connectivity index (χ1) is 6.84. The van der Waals surface area contributed by atoms with Gasteiger partial charge in [-0.25, -0.2) is 0 Å². The van der Waals surface area contributed by atoms with Crippen LogP contribution < -0.4 is 0 Å². The molecular weight excluding hydrogens is 194 g/mol. The van der Waals surface area contributed by atoms with Gasteiger partial charge in [0.2, 0.25) is 0 Å². The van der Waals surface area contributed by atoms with Gasteiger partial charge < -0.3 is 4.90 Å². The predicted octanol–water partition coefficient (Wildman–Crippen LogP) is 1.79. The lowest BCUT2D eigenvalue weighted by atomic mass is 10.0. The number of likely N-dealkylation sites (tertiary alicyclic amines) is 1. The molecule has 0 saturated carbocycles. The molecular formula is C11H19NOS. The van der Waals surface area contributed by atoms with Crippen molar-refractivity contribution in [1.29, 1.82) is 0 Å². The summed E-state index contributed by atoms with van der Waals surface area (Å²) in [7, 11) is 0. The topological polar surface area (TPSA) is 20.3 Å². The van der Waals surface area contributed by atoms with Crippen LogP contribution in [0.1, 0.15) is 25.7 Å².